The van der Waals surface area contributed by atoms with Crippen molar-refractivity contribution >= 4 is 38.9 Å². The molecule has 1 heterocycles. The average molecular weight is 439 g/mol. The summed E-state index contributed by atoms with van der Waals surface area (Å²) in [6, 6.07) is 43.6. The number of hydrogen-bond donors (Lipinski definition) is 0. The van der Waals surface area contributed by atoms with Crippen molar-refractivity contribution in [1.29, 1.82) is 0 Å². The van der Waals surface area contributed by atoms with Gasteiger partial charge in [0, 0.05) is 33.5 Å². The highest BCUT2D eigenvalue weighted by Gasteiger charge is 2.16. The second-order valence-corrected chi connectivity index (χ2v) is 8.90. The largest absolute Gasteiger partial charge is 0.310 e. The summed E-state index contributed by atoms with van der Waals surface area (Å²) in [6.07, 6.45) is 0. The topological polar surface area (TPSA) is 8.17 Å². The van der Waals surface area contributed by atoms with E-state index < -0.39 is 0 Å². The molecule has 0 N–H and O–H groups in total. The summed E-state index contributed by atoms with van der Waals surface area (Å²) in [5.74, 6) is 0. The summed E-state index contributed by atoms with van der Waals surface area (Å²) in [6.45, 7) is 4.26. The lowest BCUT2D eigenvalue weighted by atomic mass is 10.1. The Morgan fingerprint density at radius 1 is 0.471 bits per heavy atom. The van der Waals surface area contributed by atoms with E-state index >= 15 is 0 Å². The van der Waals surface area contributed by atoms with E-state index in [0.717, 1.165) is 17.1 Å². The van der Waals surface area contributed by atoms with Gasteiger partial charge in [-0.05, 0) is 74.5 Å². The molecule has 2 nitrogen and oxygen atoms in total. The summed E-state index contributed by atoms with van der Waals surface area (Å²) in [5.41, 5.74) is 9.59. The molecule has 0 aliphatic rings. The van der Waals surface area contributed by atoms with Gasteiger partial charge in [-0.1, -0.05) is 71.8 Å². The highest BCUT2D eigenvalue weighted by molar-refractivity contribution is 6.10. The van der Waals surface area contributed by atoms with Crippen LogP contribution >= 0.6 is 0 Å². The lowest BCUT2D eigenvalue weighted by molar-refractivity contribution is 1.17. The van der Waals surface area contributed by atoms with Crippen molar-refractivity contribution in [2.24, 2.45) is 0 Å². The summed E-state index contributed by atoms with van der Waals surface area (Å²) in [5, 5.41) is 2.51. The maximum Gasteiger partial charge on any atom is 0.0542 e. The first-order valence-corrected chi connectivity index (χ1v) is 11.7. The van der Waals surface area contributed by atoms with Gasteiger partial charge in [-0.25, -0.2) is 0 Å². The first-order chi connectivity index (χ1) is 16.7. The van der Waals surface area contributed by atoms with Crippen molar-refractivity contribution in [2.45, 2.75) is 13.8 Å². The highest BCUT2D eigenvalue weighted by atomic mass is 15.1. The fourth-order valence-electron chi connectivity index (χ4n) is 4.79. The van der Waals surface area contributed by atoms with E-state index in [1.165, 1.54) is 38.6 Å². The standard InChI is InChI=1S/C32H26N2/c1-23-12-16-26(17-13-23)33(25-8-4-3-5-9-25)28-20-21-32-30(22-28)29-10-6-7-11-31(29)34(32)27-18-14-24(2)15-19-27/h3-22H,1-2H3. The molecule has 34 heavy (non-hydrogen) atoms. The Bertz CT molecular complexity index is 1590. The summed E-state index contributed by atoms with van der Waals surface area (Å²) < 4.78 is 2.37. The van der Waals surface area contributed by atoms with E-state index in [1.807, 2.05) is 0 Å². The third-order valence-electron chi connectivity index (χ3n) is 6.51. The predicted octanol–water partition coefficient (Wildman–Crippen LogP) is 8.87. The molecule has 6 rings (SSSR count). The molecule has 0 spiro atoms. The van der Waals surface area contributed by atoms with Gasteiger partial charge in [-0.3, -0.25) is 0 Å². The van der Waals surface area contributed by atoms with Crippen molar-refractivity contribution in [3.8, 4) is 5.69 Å². The van der Waals surface area contributed by atoms with Gasteiger partial charge in [0.2, 0.25) is 0 Å². The molecule has 0 saturated heterocycles. The van der Waals surface area contributed by atoms with Crippen molar-refractivity contribution in [3.05, 3.63) is 132 Å². The SMILES string of the molecule is Cc1ccc(N(c2ccccc2)c2ccc3c(c2)c2ccccc2n3-c2ccc(C)cc2)cc1. The molecule has 0 unspecified atom stereocenters. The van der Waals surface area contributed by atoms with Crippen LogP contribution in [-0.2, 0) is 0 Å². The smallest absolute Gasteiger partial charge is 0.0542 e. The van der Waals surface area contributed by atoms with Gasteiger partial charge in [-0.15, -0.1) is 0 Å². The van der Waals surface area contributed by atoms with Gasteiger partial charge in [0.1, 0.15) is 0 Å². The molecule has 0 saturated carbocycles. The van der Waals surface area contributed by atoms with Crippen LogP contribution in [0.5, 0.6) is 0 Å². The Hall–Kier alpha value is -4.30. The maximum absolute atomic E-state index is 2.37. The molecule has 0 atom stereocenters. The molecule has 2 heteroatoms. The lowest BCUT2D eigenvalue weighted by Crippen LogP contribution is -2.09. The molecule has 0 amide bonds. The van der Waals surface area contributed by atoms with Crippen LogP contribution in [0.1, 0.15) is 11.1 Å². The van der Waals surface area contributed by atoms with Gasteiger partial charge in [0.25, 0.3) is 0 Å². The van der Waals surface area contributed by atoms with Gasteiger partial charge >= 0.3 is 0 Å². The predicted molar refractivity (Wildman–Crippen MR) is 145 cm³/mol. The molecular weight excluding hydrogens is 412 g/mol. The molecule has 0 aliphatic heterocycles. The number of para-hydroxylation sites is 2. The second-order valence-electron chi connectivity index (χ2n) is 8.90. The fraction of sp³-hybridized carbons (Fsp3) is 0.0625. The Balaban J connectivity index is 1.60. The van der Waals surface area contributed by atoms with E-state index in [4.69, 9.17) is 0 Å². The molecule has 5 aromatic carbocycles. The minimum absolute atomic E-state index is 1.15. The second kappa shape index (κ2) is 8.24. The Morgan fingerprint density at radius 3 is 1.76 bits per heavy atom. The molecular formula is C32H26N2. The Labute approximate surface area is 200 Å². The van der Waals surface area contributed by atoms with E-state index in [0.29, 0.717) is 0 Å². The fourth-order valence-corrected chi connectivity index (χ4v) is 4.79. The van der Waals surface area contributed by atoms with Gasteiger partial charge in [-0.2, -0.15) is 0 Å². The number of hydrogen-bond acceptors (Lipinski definition) is 1. The van der Waals surface area contributed by atoms with Crippen LogP contribution in [0.4, 0.5) is 17.1 Å². The monoisotopic (exact) mass is 438 g/mol. The van der Waals surface area contributed by atoms with Gasteiger partial charge < -0.3 is 9.47 Å². The minimum atomic E-state index is 1.15. The third-order valence-corrected chi connectivity index (χ3v) is 6.51. The summed E-state index contributed by atoms with van der Waals surface area (Å²) in [4.78, 5) is 2.33. The number of rotatable bonds is 4. The van der Waals surface area contributed by atoms with E-state index in [2.05, 4.69) is 145 Å². The van der Waals surface area contributed by atoms with Gasteiger partial charge in [0.05, 0.1) is 11.0 Å². The number of aromatic nitrogens is 1. The van der Waals surface area contributed by atoms with Crippen LogP contribution < -0.4 is 4.90 Å². The molecule has 0 aliphatic carbocycles. The number of aryl methyl sites for hydroxylation is 2. The van der Waals surface area contributed by atoms with Crippen LogP contribution in [-0.4, -0.2) is 4.57 Å². The van der Waals surface area contributed by atoms with Gasteiger partial charge in [0.15, 0.2) is 0 Å². The molecule has 1 aromatic heterocycles. The zero-order chi connectivity index (χ0) is 23.1. The number of anilines is 3. The van der Waals surface area contributed by atoms with Crippen LogP contribution in [0.15, 0.2) is 121 Å². The van der Waals surface area contributed by atoms with Crippen LogP contribution in [0.25, 0.3) is 27.5 Å². The summed E-state index contributed by atoms with van der Waals surface area (Å²) >= 11 is 0. The molecule has 164 valence electrons. The Kier molecular flexibility index (Phi) is 4.92. The quantitative estimate of drug-likeness (QED) is 0.267. The average Bonchev–Trinajstić information content (AvgIpc) is 3.20. The van der Waals surface area contributed by atoms with E-state index in [-0.39, 0.29) is 0 Å². The molecule has 0 bridgehead atoms. The molecule has 0 radical (unpaired) electrons. The van der Waals surface area contributed by atoms with Crippen molar-refractivity contribution in [3.63, 3.8) is 0 Å². The lowest BCUT2D eigenvalue weighted by Gasteiger charge is -2.25. The first kappa shape index (κ1) is 20.3. The number of nitrogens with zero attached hydrogens (tertiary/aromatic N) is 2. The molecule has 6 aromatic rings. The Morgan fingerprint density at radius 2 is 1.03 bits per heavy atom. The first-order valence-electron chi connectivity index (χ1n) is 11.7. The highest BCUT2D eigenvalue weighted by Crippen LogP contribution is 2.39. The van der Waals surface area contributed by atoms with Crippen LogP contribution in [0, 0.1) is 13.8 Å². The van der Waals surface area contributed by atoms with E-state index in [1.54, 1.807) is 0 Å². The van der Waals surface area contributed by atoms with E-state index in [9.17, 15) is 0 Å². The number of benzene rings is 5. The zero-order valence-corrected chi connectivity index (χ0v) is 19.4. The van der Waals surface area contributed by atoms with Crippen molar-refractivity contribution < 1.29 is 0 Å². The van der Waals surface area contributed by atoms with Crippen LogP contribution in [0.3, 0.4) is 0 Å². The zero-order valence-electron chi connectivity index (χ0n) is 19.4. The maximum atomic E-state index is 2.37. The van der Waals surface area contributed by atoms with Crippen LogP contribution in [0.2, 0.25) is 0 Å². The normalized spacial score (nSPS) is 11.2. The third kappa shape index (κ3) is 3.45. The van der Waals surface area contributed by atoms with Crippen molar-refractivity contribution in [2.75, 3.05) is 4.90 Å². The number of fused-ring (bicyclic) bond motifs is 3. The minimum Gasteiger partial charge on any atom is -0.310 e. The van der Waals surface area contributed by atoms with Crippen molar-refractivity contribution in [1.82, 2.24) is 4.57 Å². The molecule has 0 fully saturated rings. The summed E-state index contributed by atoms with van der Waals surface area (Å²) in [7, 11) is 0.